The molecule has 5 heterocycles. The number of aromatic nitrogens is 3. The molecule has 3 aliphatic rings. The van der Waals surface area contributed by atoms with Gasteiger partial charge in [0.25, 0.3) is 5.91 Å². The van der Waals surface area contributed by atoms with E-state index in [4.69, 9.17) is 5.73 Å². The molecule has 2 atom stereocenters. The zero-order chi connectivity index (χ0) is 26.6. The smallest absolute Gasteiger partial charge is 0.250 e. The van der Waals surface area contributed by atoms with Crippen LogP contribution in [0.5, 0.6) is 0 Å². The number of Topliss-reactive ketones (excluding diaryl/α,β-unsaturated/α-hetero) is 1. The first-order valence-corrected chi connectivity index (χ1v) is 14.7. The van der Waals surface area contributed by atoms with E-state index in [0.29, 0.717) is 49.6 Å². The zero-order valence-corrected chi connectivity index (χ0v) is 22.0. The maximum absolute atomic E-state index is 13.1. The quantitative estimate of drug-likeness (QED) is 0.447. The summed E-state index contributed by atoms with van der Waals surface area (Å²) >= 11 is 0. The van der Waals surface area contributed by atoms with E-state index in [2.05, 4.69) is 20.2 Å². The fraction of sp³-hybridized carbons (Fsp3) is 0.423. The van der Waals surface area contributed by atoms with Crippen LogP contribution in [-0.4, -0.2) is 77.4 Å². The van der Waals surface area contributed by atoms with E-state index < -0.39 is 15.9 Å². The van der Waals surface area contributed by atoms with Gasteiger partial charge in [0.1, 0.15) is 0 Å². The normalized spacial score (nSPS) is 22.9. The third kappa shape index (κ3) is 4.32. The fourth-order valence-electron chi connectivity index (χ4n) is 6.03. The van der Waals surface area contributed by atoms with Crippen molar-refractivity contribution in [3.8, 4) is 0 Å². The second-order valence-electron chi connectivity index (χ2n) is 10.3. The van der Waals surface area contributed by atoms with E-state index in [-0.39, 0.29) is 17.7 Å². The van der Waals surface area contributed by atoms with Crippen molar-refractivity contribution >= 4 is 43.9 Å². The molecule has 0 bridgehead atoms. The van der Waals surface area contributed by atoms with Gasteiger partial charge >= 0.3 is 0 Å². The van der Waals surface area contributed by atoms with Crippen LogP contribution in [0.25, 0.3) is 16.5 Å². The molecule has 12 heteroatoms. The van der Waals surface area contributed by atoms with Crippen molar-refractivity contribution in [2.24, 2.45) is 11.7 Å². The molecule has 2 unspecified atom stereocenters. The number of hydrogen-bond acceptors (Lipinski definition) is 7. The number of nitrogens with two attached hydrogens (primary N) is 1. The van der Waals surface area contributed by atoms with Gasteiger partial charge in [0.05, 0.1) is 30.0 Å². The topological polar surface area (TPSA) is 146 Å². The summed E-state index contributed by atoms with van der Waals surface area (Å²) in [5.74, 6) is 0.136. The number of aromatic amines is 1. The first-order valence-electron chi connectivity index (χ1n) is 12.8. The Hall–Kier alpha value is -3.48. The number of rotatable bonds is 5. The van der Waals surface area contributed by atoms with Gasteiger partial charge in [0.2, 0.25) is 15.8 Å². The van der Waals surface area contributed by atoms with Crippen LogP contribution in [0, 0.1) is 5.92 Å². The van der Waals surface area contributed by atoms with Crippen molar-refractivity contribution in [3.05, 3.63) is 53.8 Å². The molecule has 0 radical (unpaired) electrons. The number of amides is 1. The summed E-state index contributed by atoms with van der Waals surface area (Å²) in [6.45, 7) is 2.82. The summed E-state index contributed by atoms with van der Waals surface area (Å²) in [7, 11) is -3.25. The van der Waals surface area contributed by atoms with E-state index in [9.17, 15) is 18.0 Å². The van der Waals surface area contributed by atoms with Gasteiger partial charge in [-0.25, -0.2) is 13.4 Å². The van der Waals surface area contributed by atoms with Crippen LogP contribution in [0.15, 0.2) is 36.7 Å². The highest BCUT2D eigenvalue weighted by atomic mass is 32.2. The maximum Gasteiger partial charge on any atom is 0.250 e. The van der Waals surface area contributed by atoms with Gasteiger partial charge in [-0.15, -0.1) is 0 Å². The minimum Gasteiger partial charge on any atom is -0.371 e. The largest absolute Gasteiger partial charge is 0.371 e. The standard InChI is InChI=1S/C26H31N7O4S/c1-38(36,37)33-10-6-16(7-11-33)20-13-19-21(5-4-18(25(27)35)23(19)30-20)31-9-2-3-17(14-31)22-24(34)26-28-8-12-32(26)15-29-22/h4-6,8,12-13,17,22,29-30H,2-3,7,9-11,14-15H2,1H3,(H2,27,35). The third-order valence-electron chi connectivity index (χ3n) is 7.99. The zero-order valence-electron chi connectivity index (χ0n) is 21.2. The molecule has 0 saturated carbocycles. The van der Waals surface area contributed by atoms with E-state index in [1.165, 1.54) is 10.6 Å². The number of nitrogens with one attached hydrogen (secondary N) is 2. The van der Waals surface area contributed by atoms with Gasteiger partial charge < -0.3 is 20.2 Å². The molecule has 1 saturated heterocycles. The highest BCUT2D eigenvalue weighted by Gasteiger charge is 2.37. The van der Waals surface area contributed by atoms with Crippen molar-refractivity contribution in [1.82, 2.24) is 24.2 Å². The van der Waals surface area contributed by atoms with E-state index in [0.717, 1.165) is 41.7 Å². The minimum atomic E-state index is -3.25. The number of fused-ring (bicyclic) bond motifs is 2. The van der Waals surface area contributed by atoms with Crippen molar-refractivity contribution in [2.45, 2.75) is 32.0 Å². The number of anilines is 1. The number of hydrogen-bond donors (Lipinski definition) is 3. The lowest BCUT2D eigenvalue weighted by atomic mass is 9.87. The average molecular weight is 538 g/mol. The Morgan fingerprint density at radius 2 is 2.08 bits per heavy atom. The predicted octanol–water partition coefficient (Wildman–Crippen LogP) is 1.54. The van der Waals surface area contributed by atoms with Crippen LogP contribution in [0.1, 0.15) is 45.9 Å². The van der Waals surface area contributed by atoms with Gasteiger partial charge in [-0.3, -0.25) is 14.9 Å². The number of sulfonamides is 1. The highest BCUT2D eigenvalue weighted by molar-refractivity contribution is 7.88. The summed E-state index contributed by atoms with van der Waals surface area (Å²) < 4.78 is 27.1. The number of imidazole rings is 1. The van der Waals surface area contributed by atoms with Crippen LogP contribution >= 0.6 is 0 Å². The van der Waals surface area contributed by atoms with Crippen LogP contribution in [0.2, 0.25) is 0 Å². The molecule has 200 valence electrons. The lowest BCUT2D eigenvalue weighted by Gasteiger charge is -2.39. The van der Waals surface area contributed by atoms with Gasteiger partial charge in [0, 0.05) is 55.3 Å². The number of primary amides is 1. The Kier molecular flexibility index (Phi) is 6.12. The summed E-state index contributed by atoms with van der Waals surface area (Å²) in [4.78, 5) is 35.4. The van der Waals surface area contributed by atoms with Crippen LogP contribution in [0.3, 0.4) is 0 Å². The Bertz CT molecular complexity index is 1570. The molecule has 0 aliphatic carbocycles. The number of ketones is 1. The summed E-state index contributed by atoms with van der Waals surface area (Å²) in [5.41, 5.74) is 9.64. The number of benzene rings is 1. The Morgan fingerprint density at radius 3 is 2.82 bits per heavy atom. The van der Waals surface area contributed by atoms with Crippen molar-refractivity contribution in [3.63, 3.8) is 0 Å². The summed E-state index contributed by atoms with van der Waals surface area (Å²) in [6, 6.07) is 5.43. The molecule has 2 aromatic heterocycles. The maximum atomic E-state index is 13.1. The molecule has 6 rings (SSSR count). The Labute approximate surface area is 220 Å². The lowest BCUT2D eigenvalue weighted by molar-refractivity contribution is 0.0845. The molecule has 0 spiro atoms. The fourth-order valence-corrected chi connectivity index (χ4v) is 6.80. The monoisotopic (exact) mass is 537 g/mol. The molecule has 11 nitrogen and oxygen atoms in total. The third-order valence-corrected chi connectivity index (χ3v) is 9.26. The molecule has 4 N–H and O–H groups in total. The second kappa shape index (κ2) is 9.37. The molecule has 1 aromatic carbocycles. The summed E-state index contributed by atoms with van der Waals surface area (Å²) in [5, 5.41) is 4.29. The van der Waals surface area contributed by atoms with Gasteiger partial charge in [0.15, 0.2) is 5.82 Å². The number of carbonyl (C=O) groups excluding carboxylic acids is 2. The molecule has 3 aliphatic heterocycles. The van der Waals surface area contributed by atoms with E-state index in [1.54, 1.807) is 12.3 Å². The van der Waals surface area contributed by atoms with Crippen molar-refractivity contribution in [2.75, 3.05) is 37.3 Å². The van der Waals surface area contributed by atoms with Gasteiger partial charge in [-0.2, -0.15) is 4.31 Å². The molecule has 1 amide bonds. The molecular formula is C26H31N7O4S. The minimum absolute atomic E-state index is 0.0265. The molecule has 38 heavy (non-hydrogen) atoms. The number of H-pyrrole nitrogens is 1. The van der Waals surface area contributed by atoms with E-state index >= 15 is 0 Å². The SMILES string of the molecule is CS(=O)(=O)N1CC=C(c2cc3c(N4CCCC(C5NCn6ccnc6C5=O)C4)ccc(C(N)=O)c3[nH]2)CC1. The van der Waals surface area contributed by atoms with Crippen LogP contribution in [0.4, 0.5) is 5.69 Å². The molecular weight excluding hydrogens is 506 g/mol. The first kappa shape index (κ1) is 24.8. The Morgan fingerprint density at radius 1 is 1.24 bits per heavy atom. The Balaban J connectivity index is 1.32. The summed E-state index contributed by atoms with van der Waals surface area (Å²) in [6.07, 6.45) is 9.05. The van der Waals surface area contributed by atoms with Crippen molar-refractivity contribution < 1.29 is 18.0 Å². The highest BCUT2D eigenvalue weighted by Crippen LogP contribution is 2.36. The number of carbonyl (C=O) groups is 2. The van der Waals surface area contributed by atoms with Gasteiger partial charge in [-0.1, -0.05) is 6.08 Å². The lowest BCUT2D eigenvalue weighted by Crippen LogP contribution is -2.53. The van der Waals surface area contributed by atoms with Crippen LogP contribution in [-0.2, 0) is 16.7 Å². The van der Waals surface area contributed by atoms with E-state index in [1.807, 2.05) is 29.0 Å². The molecule has 3 aromatic rings. The molecule has 1 fully saturated rings. The average Bonchev–Trinajstić information content (AvgIpc) is 3.56. The van der Waals surface area contributed by atoms with Crippen LogP contribution < -0.4 is 16.0 Å². The second-order valence-corrected chi connectivity index (χ2v) is 12.3. The van der Waals surface area contributed by atoms with Crippen molar-refractivity contribution in [1.29, 1.82) is 0 Å². The van der Waals surface area contributed by atoms with Gasteiger partial charge in [-0.05, 0) is 49.0 Å². The first-order chi connectivity index (χ1) is 18.2. The number of piperidine rings is 1. The number of nitrogens with zero attached hydrogens (tertiary/aromatic N) is 4. The predicted molar refractivity (Wildman–Crippen MR) is 144 cm³/mol.